The highest BCUT2D eigenvalue weighted by atomic mass is 32.2. The topological polar surface area (TPSA) is 75.4 Å². The second kappa shape index (κ2) is 3.94. The summed E-state index contributed by atoms with van der Waals surface area (Å²) < 4.78 is 23.8. The van der Waals surface area contributed by atoms with E-state index in [4.69, 9.17) is 5.73 Å². The quantitative estimate of drug-likeness (QED) is 0.446. The van der Waals surface area contributed by atoms with Crippen LogP contribution < -0.4 is 5.73 Å². The van der Waals surface area contributed by atoms with Crippen LogP contribution in [0.15, 0.2) is 0 Å². The van der Waals surface area contributed by atoms with Gasteiger partial charge in [0.15, 0.2) is 0 Å². The van der Waals surface area contributed by atoms with Gasteiger partial charge in [-0.2, -0.15) is 0 Å². The maximum absolute atomic E-state index is 9.81. The lowest BCUT2D eigenvalue weighted by Gasteiger charge is -2.16. The molecule has 0 fully saturated rings. The van der Waals surface area contributed by atoms with E-state index in [1.165, 1.54) is 0 Å². The molecule has 0 amide bonds. The molecule has 0 aromatic rings. The van der Waals surface area contributed by atoms with Crippen LogP contribution in [0.4, 0.5) is 0 Å². The lowest BCUT2D eigenvalue weighted by atomic mass is 10.2. The Balaban J connectivity index is 3.50. The molecular formula is C4H10NO3S-. The highest BCUT2D eigenvalue weighted by Crippen LogP contribution is 1.99. The Bertz CT molecular complexity index is 106. The summed E-state index contributed by atoms with van der Waals surface area (Å²) in [6.07, 6.45) is -0.719. The third-order valence-electron chi connectivity index (χ3n) is 0.847. The predicted octanol–water partition coefficient (Wildman–Crippen LogP) is -0.262. The highest BCUT2D eigenvalue weighted by molar-refractivity contribution is 7.74. The standard InChI is InChI=1S/C4H11NO3S/c1-3(2)4(5)8-9(6)7/h3-4H,5H2,1-2H3,(H,6,7)/p-1. The van der Waals surface area contributed by atoms with Gasteiger partial charge in [-0.25, -0.2) is 4.21 Å². The maximum Gasteiger partial charge on any atom is 0.124 e. The van der Waals surface area contributed by atoms with Crippen LogP contribution in [0, 0.1) is 5.92 Å². The molecule has 0 aliphatic heterocycles. The molecule has 9 heavy (non-hydrogen) atoms. The van der Waals surface area contributed by atoms with Gasteiger partial charge >= 0.3 is 0 Å². The summed E-state index contributed by atoms with van der Waals surface area (Å²) in [5.74, 6) is 0.0166. The Morgan fingerprint density at radius 3 is 2.22 bits per heavy atom. The molecule has 0 aromatic carbocycles. The summed E-state index contributed by atoms with van der Waals surface area (Å²) in [7, 11) is 0. The van der Waals surface area contributed by atoms with Crippen LogP contribution in [0.1, 0.15) is 13.8 Å². The largest absolute Gasteiger partial charge is 0.750 e. The molecule has 0 rings (SSSR count). The van der Waals surface area contributed by atoms with Crippen LogP contribution in [0.3, 0.4) is 0 Å². The third kappa shape index (κ3) is 4.53. The lowest BCUT2D eigenvalue weighted by Crippen LogP contribution is -2.30. The van der Waals surface area contributed by atoms with Crippen LogP contribution >= 0.6 is 0 Å². The van der Waals surface area contributed by atoms with Gasteiger partial charge < -0.3 is 10.3 Å². The van der Waals surface area contributed by atoms with Crippen molar-refractivity contribution >= 4 is 11.4 Å². The maximum atomic E-state index is 9.81. The fraction of sp³-hybridized carbons (Fsp3) is 1.00. The van der Waals surface area contributed by atoms with Crippen molar-refractivity contribution < 1.29 is 12.9 Å². The Labute approximate surface area is 56.9 Å². The van der Waals surface area contributed by atoms with Crippen molar-refractivity contribution in [3.8, 4) is 0 Å². The highest BCUT2D eigenvalue weighted by Gasteiger charge is 2.06. The van der Waals surface area contributed by atoms with Gasteiger partial charge in [-0.1, -0.05) is 13.8 Å². The van der Waals surface area contributed by atoms with Gasteiger partial charge in [0.05, 0.1) is 11.4 Å². The first-order chi connectivity index (χ1) is 4.04. The van der Waals surface area contributed by atoms with E-state index in [1.807, 2.05) is 0 Å². The Morgan fingerprint density at radius 2 is 2.11 bits per heavy atom. The first-order valence-electron chi connectivity index (χ1n) is 2.56. The minimum atomic E-state index is -2.49. The molecule has 0 aliphatic carbocycles. The van der Waals surface area contributed by atoms with Gasteiger partial charge in [-0.3, -0.25) is 4.18 Å². The average Bonchev–Trinajstić information content (AvgIpc) is 1.63. The van der Waals surface area contributed by atoms with Gasteiger partial charge in [-0.05, 0) is 5.92 Å². The van der Waals surface area contributed by atoms with Gasteiger partial charge in [0.1, 0.15) is 6.23 Å². The van der Waals surface area contributed by atoms with Crippen LogP contribution in [0.25, 0.3) is 0 Å². The summed E-state index contributed by atoms with van der Waals surface area (Å²) in [6, 6.07) is 0. The SMILES string of the molecule is CC(C)C(N)OS(=O)[O-]. The number of nitrogens with two attached hydrogens (primary N) is 1. The first-order valence-corrected chi connectivity index (χ1v) is 3.56. The summed E-state index contributed by atoms with van der Waals surface area (Å²) in [4.78, 5) is 0. The zero-order valence-corrected chi connectivity index (χ0v) is 6.18. The van der Waals surface area contributed by atoms with Crippen molar-refractivity contribution in [3.05, 3.63) is 0 Å². The van der Waals surface area contributed by atoms with Gasteiger partial charge in [-0.15, -0.1) is 0 Å². The number of hydrogen-bond acceptors (Lipinski definition) is 4. The summed E-state index contributed by atoms with van der Waals surface area (Å²) in [5.41, 5.74) is 5.20. The monoisotopic (exact) mass is 152 g/mol. The molecule has 0 spiro atoms. The molecule has 2 N–H and O–H groups in total. The van der Waals surface area contributed by atoms with Crippen LogP contribution in [0.5, 0.6) is 0 Å². The Hall–Kier alpha value is 0.0300. The molecule has 0 aliphatic rings. The second-order valence-corrected chi connectivity index (χ2v) is 2.61. The van der Waals surface area contributed by atoms with E-state index in [0.29, 0.717) is 0 Å². The third-order valence-corrected chi connectivity index (χ3v) is 1.23. The van der Waals surface area contributed by atoms with Crippen molar-refractivity contribution in [1.29, 1.82) is 0 Å². The van der Waals surface area contributed by atoms with Crippen molar-refractivity contribution in [2.24, 2.45) is 11.7 Å². The van der Waals surface area contributed by atoms with Gasteiger partial charge in [0, 0.05) is 0 Å². The van der Waals surface area contributed by atoms with E-state index in [-0.39, 0.29) is 5.92 Å². The smallest absolute Gasteiger partial charge is 0.124 e. The average molecular weight is 152 g/mol. The van der Waals surface area contributed by atoms with Crippen molar-refractivity contribution in [1.82, 2.24) is 0 Å². The van der Waals surface area contributed by atoms with Crippen LogP contribution in [0.2, 0.25) is 0 Å². The fourth-order valence-corrected chi connectivity index (χ4v) is 0.605. The molecule has 0 aromatic heterocycles. The zero-order chi connectivity index (χ0) is 7.44. The van der Waals surface area contributed by atoms with E-state index < -0.39 is 17.6 Å². The Kier molecular flexibility index (Phi) is 3.96. The van der Waals surface area contributed by atoms with E-state index in [0.717, 1.165) is 0 Å². The van der Waals surface area contributed by atoms with E-state index in [1.54, 1.807) is 13.8 Å². The second-order valence-electron chi connectivity index (χ2n) is 2.01. The van der Waals surface area contributed by atoms with Crippen LogP contribution in [-0.2, 0) is 15.5 Å². The molecule has 2 unspecified atom stereocenters. The van der Waals surface area contributed by atoms with E-state index >= 15 is 0 Å². The van der Waals surface area contributed by atoms with Crippen molar-refractivity contribution in [2.45, 2.75) is 20.1 Å². The van der Waals surface area contributed by atoms with Crippen LogP contribution in [-0.4, -0.2) is 15.0 Å². The molecule has 0 bridgehead atoms. The minimum absolute atomic E-state index is 0.0166. The van der Waals surface area contributed by atoms with Crippen molar-refractivity contribution in [3.63, 3.8) is 0 Å². The normalized spacial score (nSPS) is 17.9. The number of hydrogen-bond donors (Lipinski definition) is 1. The fourth-order valence-electron chi connectivity index (χ4n) is 0.202. The minimum Gasteiger partial charge on any atom is -0.750 e. The molecule has 0 heterocycles. The molecule has 2 atom stereocenters. The molecule has 4 nitrogen and oxygen atoms in total. The van der Waals surface area contributed by atoms with Gasteiger partial charge in [0.2, 0.25) is 0 Å². The molecular weight excluding hydrogens is 142 g/mol. The predicted molar refractivity (Wildman–Crippen MR) is 32.8 cm³/mol. The first kappa shape index (κ1) is 9.03. The molecule has 5 heteroatoms. The summed E-state index contributed by atoms with van der Waals surface area (Å²) in [5, 5.41) is 0. The van der Waals surface area contributed by atoms with E-state index in [9.17, 15) is 8.76 Å². The molecule has 0 radical (unpaired) electrons. The van der Waals surface area contributed by atoms with Crippen molar-refractivity contribution in [2.75, 3.05) is 0 Å². The number of rotatable bonds is 3. The Morgan fingerprint density at radius 1 is 1.67 bits per heavy atom. The van der Waals surface area contributed by atoms with E-state index in [2.05, 4.69) is 4.18 Å². The molecule has 0 saturated carbocycles. The van der Waals surface area contributed by atoms with Gasteiger partial charge in [0.25, 0.3) is 0 Å². The molecule has 56 valence electrons. The summed E-state index contributed by atoms with van der Waals surface area (Å²) >= 11 is -2.49. The summed E-state index contributed by atoms with van der Waals surface area (Å²) in [6.45, 7) is 3.55. The zero-order valence-electron chi connectivity index (χ0n) is 5.37. The molecule has 0 saturated heterocycles. The lowest BCUT2D eigenvalue weighted by molar-refractivity contribution is 0.160.